The van der Waals surface area contributed by atoms with Crippen LogP contribution in [0.4, 0.5) is 0 Å². The number of amides is 1. The van der Waals surface area contributed by atoms with Crippen LogP contribution in [0, 0.1) is 6.92 Å². The van der Waals surface area contributed by atoms with Crippen LogP contribution in [0.5, 0.6) is 0 Å². The fourth-order valence-electron chi connectivity index (χ4n) is 3.30. The number of aromatic nitrogens is 2. The zero-order valence-electron chi connectivity index (χ0n) is 14.6. The fourth-order valence-corrected chi connectivity index (χ4v) is 4.03. The fraction of sp³-hybridized carbons (Fsp3) is 0.250. The van der Waals surface area contributed by atoms with Gasteiger partial charge in [-0.25, -0.2) is 0 Å². The number of likely N-dealkylation sites (tertiary alicyclic amines) is 1. The van der Waals surface area contributed by atoms with Gasteiger partial charge in [0.1, 0.15) is 10.0 Å². The molecule has 2 aromatic carbocycles. The molecule has 1 amide bonds. The summed E-state index contributed by atoms with van der Waals surface area (Å²) in [6, 6.07) is 16.0. The highest BCUT2D eigenvalue weighted by molar-refractivity contribution is 7.14. The lowest BCUT2D eigenvalue weighted by Crippen LogP contribution is -2.31. The zero-order valence-corrected chi connectivity index (χ0v) is 15.4. The van der Waals surface area contributed by atoms with Crippen molar-refractivity contribution in [2.75, 3.05) is 13.1 Å². The first-order valence-corrected chi connectivity index (χ1v) is 9.48. The van der Waals surface area contributed by atoms with Gasteiger partial charge in [-0.1, -0.05) is 47.7 Å². The Morgan fingerprint density at radius 3 is 2.65 bits per heavy atom. The van der Waals surface area contributed by atoms with Gasteiger partial charge in [-0.05, 0) is 36.6 Å². The molecule has 0 unspecified atom stereocenters. The van der Waals surface area contributed by atoms with E-state index >= 15 is 0 Å². The van der Waals surface area contributed by atoms with Crippen molar-refractivity contribution in [1.82, 2.24) is 15.1 Å². The third kappa shape index (κ3) is 3.25. The molecule has 132 valence electrons. The molecule has 26 heavy (non-hydrogen) atoms. The van der Waals surface area contributed by atoms with Gasteiger partial charge in [0.05, 0.1) is 0 Å². The Hall–Kier alpha value is -2.57. The molecule has 2 N–H and O–H groups in total. The largest absolute Gasteiger partial charge is 0.337 e. The Morgan fingerprint density at radius 2 is 1.96 bits per heavy atom. The molecule has 1 aromatic heterocycles. The molecule has 0 saturated carbocycles. The van der Waals surface area contributed by atoms with Crippen molar-refractivity contribution in [3.8, 4) is 21.7 Å². The number of carbonyl (C=O) groups excluding carboxylic acids is 1. The third-order valence-electron chi connectivity index (χ3n) is 4.62. The van der Waals surface area contributed by atoms with Crippen LogP contribution in [0.15, 0.2) is 48.5 Å². The first kappa shape index (κ1) is 16.9. The molecule has 0 spiro atoms. The van der Waals surface area contributed by atoms with Crippen LogP contribution in [0.1, 0.15) is 21.8 Å². The molecule has 1 saturated heterocycles. The standard InChI is InChI=1S/C20H20N4OS/c1-13-22-23-19(26-13)18-8-3-2-7-17(18)14-5-4-6-15(11-14)20(25)24-10-9-16(21)12-24/h2-8,11,16H,9-10,12,21H2,1H3/t16-/m0/s1. The third-order valence-corrected chi connectivity index (χ3v) is 5.49. The summed E-state index contributed by atoms with van der Waals surface area (Å²) < 4.78 is 0. The summed E-state index contributed by atoms with van der Waals surface area (Å²) in [6.07, 6.45) is 0.866. The highest BCUT2D eigenvalue weighted by Gasteiger charge is 2.24. The molecule has 0 radical (unpaired) electrons. The van der Waals surface area contributed by atoms with Crippen molar-refractivity contribution in [1.29, 1.82) is 0 Å². The number of nitrogens with zero attached hydrogens (tertiary/aromatic N) is 3. The number of benzene rings is 2. The number of aryl methyl sites for hydroxylation is 1. The summed E-state index contributed by atoms with van der Waals surface area (Å²) in [6.45, 7) is 3.30. The van der Waals surface area contributed by atoms with Crippen molar-refractivity contribution < 1.29 is 4.79 Å². The molecule has 6 heteroatoms. The van der Waals surface area contributed by atoms with E-state index in [0.717, 1.165) is 39.7 Å². The molecule has 1 fully saturated rings. The maximum Gasteiger partial charge on any atom is 0.253 e. The van der Waals surface area contributed by atoms with E-state index in [4.69, 9.17) is 5.73 Å². The van der Waals surface area contributed by atoms with Crippen LogP contribution < -0.4 is 5.73 Å². The van der Waals surface area contributed by atoms with Crippen LogP contribution in [-0.4, -0.2) is 40.1 Å². The maximum absolute atomic E-state index is 12.8. The van der Waals surface area contributed by atoms with Gasteiger partial charge in [0.25, 0.3) is 5.91 Å². The second-order valence-corrected chi connectivity index (χ2v) is 7.73. The molecule has 0 bridgehead atoms. The van der Waals surface area contributed by atoms with Crippen LogP contribution in [-0.2, 0) is 0 Å². The second kappa shape index (κ2) is 6.97. The minimum absolute atomic E-state index is 0.0454. The lowest BCUT2D eigenvalue weighted by molar-refractivity contribution is 0.0791. The Bertz CT molecular complexity index is 952. The molecule has 4 rings (SSSR count). The lowest BCUT2D eigenvalue weighted by Gasteiger charge is -2.16. The predicted octanol–water partition coefficient (Wildman–Crippen LogP) is 3.35. The van der Waals surface area contributed by atoms with E-state index in [0.29, 0.717) is 12.1 Å². The second-order valence-electron chi connectivity index (χ2n) is 6.55. The Labute approximate surface area is 156 Å². The normalized spacial score (nSPS) is 16.8. The molecule has 3 aromatic rings. The highest BCUT2D eigenvalue weighted by atomic mass is 32.1. The van der Waals surface area contributed by atoms with Gasteiger partial charge >= 0.3 is 0 Å². The van der Waals surface area contributed by atoms with Crippen molar-refractivity contribution in [3.05, 3.63) is 59.1 Å². The average molecular weight is 364 g/mol. The zero-order chi connectivity index (χ0) is 18.1. The maximum atomic E-state index is 12.8. The molecule has 0 aliphatic carbocycles. The van der Waals surface area contributed by atoms with Gasteiger partial charge in [0.2, 0.25) is 0 Å². The minimum Gasteiger partial charge on any atom is -0.337 e. The summed E-state index contributed by atoms with van der Waals surface area (Å²) in [5.41, 5.74) is 9.72. The molecule has 1 aliphatic rings. The molecule has 2 heterocycles. The Morgan fingerprint density at radius 1 is 1.15 bits per heavy atom. The predicted molar refractivity (Wildman–Crippen MR) is 104 cm³/mol. The van der Waals surface area contributed by atoms with E-state index in [1.54, 1.807) is 11.3 Å². The molecule has 1 aliphatic heterocycles. The summed E-state index contributed by atoms with van der Waals surface area (Å²) in [5, 5.41) is 10.2. The summed E-state index contributed by atoms with van der Waals surface area (Å²) in [4.78, 5) is 14.6. The van der Waals surface area contributed by atoms with Gasteiger partial charge in [0, 0.05) is 30.3 Å². The molecule has 5 nitrogen and oxygen atoms in total. The quantitative estimate of drug-likeness (QED) is 0.773. The number of rotatable bonds is 3. The first-order chi connectivity index (χ1) is 12.6. The number of hydrogen-bond donors (Lipinski definition) is 1. The smallest absolute Gasteiger partial charge is 0.253 e. The SMILES string of the molecule is Cc1nnc(-c2ccccc2-c2cccc(C(=O)N3CC[C@H](N)C3)c2)s1. The minimum atomic E-state index is 0.0454. The number of hydrogen-bond acceptors (Lipinski definition) is 5. The van der Waals surface area contributed by atoms with Crippen molar-refractivity contribution in [2.45, 2.75) is 19.4 Å². The van der Waals surface area contributed by atoms with Crippen molar-refractivity contribution in [3.63, 3.8) is 0 Å². The van der Waals surface area contributed by atoms with Crippen molar-refractivity contribution in [2.24, 2.45) is 5.73 Å². The average Bonchev–Trinajstić information content (AvgIpc) is 3.29. The van der Waals surface area contributed by atoms with E-state index in [1.807, 2.05) is 54.3 Å². The number of nitrogens with two attached hydrogens (primary N) is 1. The van der Waals surface area contributed by atoms with E-state index in [9.17, 15) is 4.79 Å². The molecular weight excluding hydrogens is 344 g/mol. The van der Waals surface area contributed by atoms with E-state index in [2.05, 4.69) is 16.3 Å². The first-order valence-electron chi connectivity index (χ1n) is 8.66. The van der Waals surface area contributed by atoms with Crippen molar-refractivity contribution >= 4 is 17.2 Å². The Balaban J connectivity index is 1.70. The molecular formula is C20H20N4OS. The lowest BCUT2D eigenvalue weighted by atomic mass is 9.98. The molecule has 1 atom stereocenters. The van der Waals surface area contributed by atoms with Crippen LogP contribution in [0.25, 0.3) is 21.7 Å². The van der Waals surface area contributed by atoms with Gasteiger partial charge in [0.15, 0.2) is 0 Å². The van der Waals surface area contributed by atoms with Crippen LogP contribution in [0.3, 0.4) is 0 Å². The van der Waals surface area contributed by atoms with E-state index < -0.39 is 0 Å². The van der Waals surface area contributed by atoms with E-state index in [-0.39, 0.29) is 11.9 Å². The van der Waals surface area contributed by atoms with Crippen LogP contribution >= 0.6 is 11.3 Å². The number of carbonyl (C=O) groups is 1. The topological polar surface area (TPSA) is 72.1 Å². The summed E-state index contributed by atoms with van der Waals surface area (Å²) in [5.74, 6) is 0.0454. The van der Waals surface area contributed by atoms with Gasteiger partial charge in [-0.2, -0.15) is 0 Å². The summed E-state index contributed by atoms with van der Waals surface area (Å²) in [7, 11) is 0. The highest BCUT2D eigenvalue weighted by Crippen LogP contribution is 2.34. The van der Waals surface area contributed by atoms with E-state index in [1.165, 1.54) is 0 Å². The Kier molecular flexibility index (Phi) is 4.53. The van der Waals surface area contributed by atoms with Gasteiger partial charge in [-0.15, -0.1) is 10.2 Å². The summed E-state index contributed by atoms with van der Waals surface area (Å²) >= 11 is 1.57. The van der Waals surface area contributed by atoms with Gasteiger partial charge in [-0.3, -0.25) is 4.79 Å². The monoisotopic (exact) mass is 364 g/mol. The van der Waals surface area contributed by atoms with Crippen LogP contribution in [0.2, 0.25) is 0 Å². The van der Waals surface area contributed by atoms with Gasteiger partial charge < -0.3 is 10.6 Å².